The molecule has 2 aliphatic carbocycles. The number of hydrogen-bond acceptors (Lipinski definition) is 3. The minimum absolute atomic E-state index is 0.0411. The van der Waals surface area contributed by atoms with E-state index < -0.39 is 6.10 Å². The Bertz CT molecular complexity index is 904. The molecule has 2 saturated carbocycles. The van der Waals surface area contributed by atoms with Crippen LogP contribution >= 0.6 is 0 Å². The van der Waals surface area contributed by atoms with Crippen molar-refractivity contribution in [3.63, 3.8) is 0 Å². The Morgan fingerprint density at radius 2 is 1.66 bits per heavy atom. The van der Waals surface area contributed by atoms with E-state index in [1.165, 1.54) is 67.2 Å². The van der Waals surface area contributed by atoms with Crippen LogP contribution in [0.15, 0.2) is 42.5 Å². The molecule has 3 aliphatic rings. The van der Waals surface area contributed by atoms with Crippen molar-refractivity contribution < 1.29 is 14.9 Å². The van der Waals surface area contributed by atoms with E-state index in [1.54, 1.807) is 0 Å². The van der Waals surface area contributed by atoms with Gasteiger partial charge < -0.3 is 14.9 Å². The third-order valence-electron chi connectivity index (χ3n) is 8.63. The molecule has 3 fully saturated rings. The van der Waals surface area contributed by atoms with Crippen LogP contribution in [0.2, 0.25) is 0 Å². The quantitative estimate of drug-likeness (QED) is 0.608. The van der Waals surface area contributed by atoms with Crippen molar-refractivity contribution in [1.82, 2.24) is 0 Å². The van der Waals surface area contributed by atoms with Crippen LogP contribution in [0.5, 0.6) is 0 Å². The van der Waals surface area contributed by atoms with E-state index in [9.17, 15) is 10.2 Å². The van der Waals surface area contributed by atoms with E-state index in [1.807, 2.05) is 0 Å². The van der Waals surface area contributed by atoms with E-state index in [0.29, 0.717) is 12.8 Å². The standard InChI is InChI=1S/C29H38O3/c1-20-3-6-24(28-18-26(31)17-27(19-30)32-28)16-25(20)15-21-4-7-22(8-5-21)23-9-13-29(14-10-23)11-2-12-29/h3-8,16,23,26-28,30-31H,2,9-15,17-19H2,1H3. The molecule has 3 atom stereocenters. The van der Waals surface area contributed by atoms with Gasteiger partial charge >= 0.3 is 0 Å². The van der Waals surface area contributed by atoms with E-state index in [4.69, 9.17) is 4.74 Å². The summed E-state index contributed by atoms with van der Waals surface area (Å²) in [7, 11) is 0. The predicted molar refractivity (Wildman–Crippen MR) is 128 cm³/mol. The summed E-state index contributed by atoms with van der Waals surface area (Å²) in [5, 5.41) is 19.7. The average Bonchev–Trinajstić information content (AvgIpc) is 2.79. The smallest absolute Gasteiger partial charge is 0.0854 e. The SMILES string of the molecule is Cc1ccc(C2CC(O)CC(CO)O2)cc1Cc1ccc(C2CCC3(CCC3)CC2)cc1. The third kappa shape index (κ3) is 4.66. The fourth-order valence-electron chi connectivity index (χ4n) is 6.27. The van der Waals surface area contributed by atoms with Gasteiger partial charge in [-0.3, -0.25) is 0 Å². The summed E-state index contributed by atoms with van der Waals surface area (Å²) in [5.74, 6) is 0.745. The molecule has 3 nitrogen and oxygen atoms in total. The molecule has 0 aromatic heterocycles. The van der Waals surface area contributed by atoms with Crippen LogP contribution in [-0.2, 0) is 11.2 Å². The zero-order valence-corrected chi connectivity index (χ0v) is 19.4. The highest BCUT2D eigenvalue weighted by Crippen LogP contribution is 2.54. The first-order valence-electron chi connectivity index (χ1n) is 12.7. The molecule has 1 saturated heterocycles. The fraction of sp³-hybridized carbons (Fsp3) is 0.586. The molecule has 0 bridgehead atoms. The molecule has 2 N–H and O–H groups in total. The molecule has 1 aliphatic heterocycles. The highest BCUT2D eigenvalue weighted by molar-refractivity contribution is 5.37. The van der Waals surface area contributed by atoms with Crippen molar-refractivity contribution in [2.75, 3.05) is 6.61 Å². The van der Waals surface area contributed by atoms with E-state index in [-0.39, 0.29) is 18.8 Å². The highest BCUT2D eigenvalue weighted by Gasteiger charge is 2.40. The second kappa shape index (κ2) is 9.29. The molecule has 172 valence electrons. The Balaban J connectivity index is 1.25. The minimum atomic E-state index is -0.415. The monoisotopic (exact) mass is 434 g/mol. The lowest BCUT2D eigenvalue weighted by molar-refractivity contribution is -0.113. The maximum Gasteiger partial charge on any atom is 0.0854 e. The molecular weight excluding hydrogens is 396 g/mol. The van der Waals surface area contributed by atoms with Gasteiger partial charge in [-0.1, -0.05) is 48.9 Å². The topological polar surface area (TPSA) is 49.7 Å². The molecule has 3 heteroatoms. The van der Waals surface area contributed by atoms with Gasteiger partial charge in [-0.15, -0.1) is 0 Å². The third-order valence-corrected chi connectivity index (χ3v) is 8.63. The molecule has 5 rings (SSSR count). The Kier molecular flexibility index (Phi) is 6.42. The molecular formula is C29H38O3. The number of hydrogen-bond donors (Lipinski definition) is 2. The lowest BCUT2D eigenvalue weighted by atomic mass is 9.58. The number of aryl methyl sites for hydroxylation is 1. The molecule has 3 unspecified atom stereocenters. The van der Waals surface area contributed by atoms with E-state index in [2.05, 4.69) is 49.4 Å². The van der Waals surface area contributed by atoms with E-state index in [0.717, 1.165) is 23.3 Å². The number of aliphatic hydroxyl groups is 2. The van der Waals surface area contributed by atoms with Gasteiger partial charge in [-0.05, 0) is 91.0 Å². The summed E-state index contributed by atoms with van der Waals surface area (Å²) in [4.78, 5) is 0. The Hall–Kier alpha value is -1.68. The molecule has 0 radical (unpaired) electrons. The van der Waals surface area contributed by atoms with Crippen molar-refractivity contribution in [3.05, 3.63) is 70.3 Å². The van der Waals surface area contributed by atoms with Crippen molar-refractivity contribution in [3.8, 4) is 0 Å². The van der Waals surface area contributed by atoms with Crippen LogP contribution in [0, 0.1) is 12.3 Å². The summed E-state index contributed by atoms with van der Waals surface area (Å²) in [5.41, 5.74) is 7.29. The molecule has 32 heavy (non-hydrogen) atoms. The fourth-order valence-corrected chi connectivity index (χ4v) is 6.27. The van der Waals surface area contributed by atoms with Crippen LogP contribution in [0.1, 0.15) is 97.6 Å². The van der Waals surface area contributed by atoms with Gasteiger partial charge in [-0.25, -0.2) is 0 Å². The number of rotatable bonds is 5. The number of ether oxygens (including phenoxy) is 1. The Labute approximate surface area is 192 Å². The summed E-state index contributed by atoms with van der Waals surface area (Å²) < 4.78 is 6.04. The van der Waals surface area contributed by atoms with Gasteiger partial charge in [0.1, 0.15) is 0 Å². The van der Waals surface area contributed by atoms with Crippen LogP contribution in [0.25, 0.3) is 0 Å². The van der Waals surface area contributed by atoms with Gasteiger partial charge in [0, 0.05) is 12.8 Å². The summed E-state index contributed by atoms with van der Waals surface area (Å²) in [6.07, 6.45) is 11.2. The number of benzene rings is 2. The van der Waals surface area contributed by atoms with Crippen LogP contribution in [0.3, 0.4) is 0 Å². The highest BCUT2D eigenvalue weighted by atomic mass is 16.5. The number of aliphatic hydroxyl groups excluding tert-OH is 2. The van der Waals surface area contributed by atoms with Crippen LogP contribution in [0.4, 0.5) is 0 Å². The van der Waals surface area contributed by atoms with Gasteiger partial charge in [0.25, 0.3) is 0 Å². The second-order valence-corrected chi connectivity index (χ2v) is 10.8. The molecule has 0 amide bonds. The van der Waals surface area contributed by atoms with Crippen molar-refractivity contribution in [2.24, 2.45) is 5.41 Å². The lowest BCUT2D eigenvalue weighted by Gasteiger charge is -2.47. The maximum atomic E-state index is 10.2. The molecule has 2 aromatic carbocycles. The Morgan fingerprint density at radius 3 is 2.31 bits per heavy atom. The largest absolute Gasteiger partial charge is 0.394 e. The minimum Gasteiger partial charge on any atom is -0.394 e. The van der Waals surface area contributed by atoms with E-state index >= 15 is 0 Å². The zero-order chi connectivity index (χ0) is 22.1. The summed E-state index contributed by atoms with van der Waals surface area (Å²) in [6, 6.07) is 15.9. The average molecular weight is 435 g/mol. The summed E-state index contributed by atoms with van der Waals surface area (Å²) >= 11 is 0. The second-order valence-electron chi connectivity index (χ2n) is 10.8. The zero-order valence-electron chi connectivity index (χ0n) is 19.4. The molecule has 2 aromatic rings. The normalized spacial score (nSPS) is 27.9. The van der Waals surface area contributed by atoms with Crippen molar-refractivity contribution in [1.29, 1.82) is 0 Å². The predicted octanol–water partition coefficient (Wildman–Crippen LogP) is 5.99. The molecule has 1 spiro atoms. The van der Waals surface area contributed by atoms with Gasteiger partial charge in [-0.2, -0.15) is 0 Å². The maximum absolute atomic E-state index is 10.2. The first-order valence-corrected chi connectivity index (χ1v) is 12.7. The van der Waals surface area contributed by atoms with Crippen molar-refractivity contribution >= 4 is 0 Å². The first kappa shape index (κ1) is 22.1. The van der Waals surface area contributed by atoms with Gasteiger partial charge in [0.15, 0.2) is 0 Å². The van der Waals surface area contributed by atoms with Crippen molar-refractivity contribution in [2.45, 2.75) is 95.4 Å². The van der Waals surface area contributed by atoms with Crippen LogP contribution in [-0.4, -0.2) is 29.0 Å². The summed E-state index contributed by atoms with van der Waals surface area (Å²) in [6.45, 7) is 2.12. The van der Waals surface area contributed by atoms with Gasteiger partial charge in [0.05, 0.1) is 24.9 Å². The van der Waals surface area contributed by atoms with Crippen LogP contribution < -0.4 is 0 Å². The molecule has 1 heterocycles. The van der Waals surface area contributed by atoms with Gasteiger partial charge in [0.2, 0.25) is 0 Å². The Morgan fingerprint density at radius 1 is 0.938 bits per heavy atom. The first-order chi connectivity index (χ1) is 15.5. The lowest BCUT2D eigenvalue weighted by Crippen LogP contribution is -2.33.